The van der Waals surface area contributed by atoms with E-state index in [-0.39, 0.29) is 5.97 Å². The summed E-state index contributed by atoms with van der Waals surface area (Å²) in [4.78, 5) is 10.6. The van der Waals surface area contributed by atoms with Crippen LogP contribution < -0.4 is 0 Å². The Labute approximate surface area is 102 Å². The lowest BCUT2D eigenvalue weighted by atomic mass is 10.5. The van der Waals surface area contributed by atoms with Crippen LogP contribution in [0.3, 0.4) is 0 Å². The number of quaternary nitrogens is 1. The first-order valence-corrected chi connectivity index (χ1v) is 6.01. The Balaban J connectivity index is 0. The molecule has 0 aliphatic rings. The molecule has 0 aromatic carbocycles. The molecule has 0 fully saturated rings. The molecule has 7 nitrogen and oxygen atoms in total. The fraction of sp³-hybridized carbons (Fsp3) is 0.667. The van der Waals surface area contributed by atoms with Gasteiger partial charge in [0, 0.05) is 6.08 Å². The van der Waals surface area contributed by atoms with Gasteiger partial charge in [0.25, 0.3) is 0 Å². The maximum absolute atomic E-state index is 10.6. The smallest absolute Gasteiger partial charge is 0.397 e. The lowest BCUT2D eigenvalue weighted by molar-refractivity contribution is -0.870. The molecule has 0 atom stereocenters. The second-order valence-electron chi connectivity index (χ2n) is 3.98. The van der Waals surface area contributed by atoms with E-state index in [9.17, 15) is 13.2 Å². The van der Waals surface area contributed by atoms with Crippen LogP contribution in [0.1, 0.15) is 0 Å². The zero-order valence-corrected chi connectivity index (χ0v) is 11.4. The molecule has 0 saturated carbocycles. The Morgan fingerprint density at radius 3 is 2.06 bits per heavy atom. The molecule has 0 aliphatic heterocycles. The van der Waals surface area contributed by atoms with Gasteiger partial charge < -0.3 is 9.22 Å². The van der Waals surface area contributed by atoms with Gasteiger partial charge in [-0.25, -0.2) is 4.79 Å². The van der Waals surface area contributed by atoms with Crippen molar-refractivity contribution in [1.29, 1.82) is 0 Å². The van der Waals surface area contributed by atoms with E-state index in [0.717, 1.165) is 18.1 Å². The summed E-state index contributed by atoms with van der Waals surface area (Å²) < 4.78 is 35.3. The first kappa shape index (κ1) is 18.4. The fourth-order valence-corrected chi connectivity index (χ4v) is 0.479. The Hall–Kier alpha value is -0.960. The zero-order chi connectivity index (χ0) is 14.1. The van der Waals surface area contributed by atoms with Crippen LogP contribution in [-0.4, -0.2) is 64.8 Å². The van der Waals surface area contributed by atoms with E-state index in [2.05, 4.69) is 10.8 Å². The Morgan fingerprint density at radius 1 is 1.41 bits per heavy atom. The van der Waals surface area contributed by atoms with Crippen LogP contribution in [-0.2, 0) is 24.1 Å². The first-order valence-electron chi connectivity index (χ1n) is 4.64. The summed E-state index contributed by atoms with van der Waals surface area (Å²) in [5.41, 5.74) is 0. The van der Waals surface area contributed by atoms with Gasteiger partial charge in [0.1, 0.15) is 13.2 Å². The van der Waals surface area contributed by atoms with Crippen molar-refractivity contribution in [2.24, 2.45) is 0 Å². The number of hydrogen-bond donors (Lipinski definition) is 1. The molecule has 0 amide bonds. The van der Waals surface area contributed by atoms with E-state index in [1.807, 2.05) is 21.1 Å². The number of ether oxygens (including phenoxy) is 1. The summed E-state index contributed by atoms with van der Waals surface area (Å²) in [5, 5.41) is 0. The maximum Gasteiger partial charge on any atom is 0.397 e. The molecular formula is C9H20NO6S+. The highest BCUT2D eigenvalue weighted by Gasteiger charge is 2.06. The highest BCUT2D eigenvalue weighted by molar-refractivity contribution is 7.80. The van der Waals surface area contributed by atoms with Gasteiger partial charge in [-0.1, -0.05) is 6.58 Å². The minimum atomic E-state index is -4.16. The summed E-state index contributed by atoms with van der Waals surface area (Å²) in [6, 6.07) is 0. The van der Waals surface area contributed by atoms with Crippen LogP contribution in [0.4, 0.5) is 0 Å². The Morgan fingerprint density at radius 2 is 1.82 bits per heavy atom. The quantitative estimate of drug-likeness (QED) is 0.323. The number of carbonyl (C=O) groups is 1. The molecule has 1 N–H and O–H groups in total. The zero-order valence-electron chi connectivity index (χ0n) is 10.5. The number of esters is 1. The van der Waals surface area contributed by atoms with E-state index in [1.54, 1.807) is 0 Å². The molecule has 0 rings (SSSR count). The molecular weight excluding hydrogens is 250 g/mol. The van der Waals surface area contributed by atoms with Crippen LogP contribution in [0.15, 0.2) is 12.7 Å². The Kier molecular flexibility index (Phi) is 8.85. The van der Waals surface area contributed by atoms with Gasteiger partial charge in [-0.05, 0) is 0 Å². The summed E-state index contributed by atoms with van der Waals surface area (Å²) in [6.45, 7) is 4.57. The number of nitrogens with zero attached hydrogens (tertiary/aromatic N) is 1. The van der Waals surface area contributed by atoms with Gasteiger partial charge in [-0.3, -0.25) is 8.74 Å². The van der Waals surface area contributed by atoms with Crippen molar-refractivity contribution in [2.75, 3.05) is 41.4 Å². The SMILES string of the molecule is C=CC(=O)OCC[N+](C)(C)C.COS(=O)(=O)O. The second kappa shape index (κ2) is 8.18. The highest BCUT2D eigenvalue weighted by atomic mass is 32.3. The van der Waals surface area contributed by atoms with Gasteiger partial charge >= 0.3 is 16.4 Å². The molecule has 0 heterocycles. The van der Waals surface area contributed by atoms with Gasteiger partial charge in [-0.15, -0.1) is 0 Å². The van der Waals surface area contributed by atoms with Crippen LogP contribution in [0.2, 0.25) is 0 Å². The lowest BCUT2D eigenvalue weighted by Gasteiger charge is -2.23. The van der Waals surface area contributed by atoms with Crippen molar-refractivity contribution in [3.8, 4) is 0 Å². The third-order valence-electron chi connectivity index (χ3n) is 1.38. The molecule has 0 aliphatic carbocycles. The molecule has 0 aromatic rings. The molecule has 0 saturated heterocycles. The second-order valence-corrected chi connectivity index (χ2v) is 5.17. The van der Waals surface area contributed by atoms with Crippen molar-refractivity contribution < 1.29 is 31.2 Å². The molecule has 0 unspecified atom stereocenters. The van der Waals surface area contributed by atoms with Crippen molar-refractivity contribution in [2.45, 2.75) is 0 Å². The number of rotatable bonds is 5. The van der Waals surface area contributed by atoms with E-state index >= 15 is 0 Å². The van der Waals surface area contributed by atoms with Crippen molar-refractivity contribution in [3.05, 3.63) is 12.7 Å². The average molecular weight is 270 g/mol. The van der Waals surface area contributed by atoms with E-state index in [1.165, 1.54) is 6.08 Å². The maximum atomic E-state index is 10.6. The van der Waals surface area contributed by atoms with Crippen molar-refractivity contribution in [3.63, 3.8) is 0 Å². The average Bonchev–Trinajstić information content (AvgIpc) is 2.15. The van der Waals surface area contributed by atoms with Gasteiger partial charge in [0.15, 0.2) is 0 Å². The molecule has 0 radical (unpaired) electrons. The predicted molar refractivity (Wildman–Crippen MR) is 62.6 cm³/mol. The number of carbonyl (C=O) groups excluding carboxylic acids is 1. The minimum absolute atomic E-state index is 0.349. The summed E-state index contributed by atoms with van der Waals surface area (Å²) >= 11 is 0. The third kappa shape index (κ3) is 21.0. The molecule has 0 aromatic heterocycles. The third-order valence-corrected chi connectivity index (χ3v) is 1.80. The van der Waals surface area contributed by atoms with Crippen LogP contribution >= 0.6 is 0 Å². The first-order chi connectivity index (χ1) is 7.52. The summed E-state index contributed by atoms with van der Waals surface area (Å²) in [5.74, 6) is -0.349. The van der Waals surface area contributed by atoms with E-state index in [4.69, 9.17) is 9.29 Å². The molecule has 17 heavy (non-hydrogen) atoms. The van der Waals surface area contributed by atoms with Gasteiger partial charge in [-0.2, -0.15) is 8.42 Å². The highest BCUT2D eigenvalue weighted by Crippen LogP contribution is 1.89. The lowest BCUT2D eigenvalue weighted by Crippen LogP contribution is -2.37. The van der Waals surface area contributed by atoms with Crippen molar-refractivity contribution in [1.82, 2.24) is 0 Å². The molecule has 8 heteroatoms. The number of hydrogen-bond acceptors (Lipinski definition) is 5. The van der Waals surface area contributed by atoms with E-state index < -0.39 is 10.4 Å². The normalized spacial score (nSPS) is 11.1. The fourth-order valence-electron chi connectivity index (χ4n) is 0.479. The van der Waals surface area contributed by atoms with E-state index in [0.29, 0.717) is 6.61 Å². The van der Waals surface area contributed by atoms with Gasteiger partial charge in [0.2, 0.25) is 0 Å². The van der Waals surface area contributed by atoms with Crippen LogP contribution in [0.5, 0.6) is 0 Å². The largest absolute Gasteiger partial charge is 0.457 e. The summed E-state index contributed by atoms with van der Waals surface area (Å²) in [6.07, 6.45) is 1.18. The summed E-state index contributed by atoms with van der Waals surface area (Å²) in [7, 11) is 2.84. The minimum Gasteiger partial charge on any atom is -0.457 e. The topological polar surface area (TPSA) is 89.9 Å². The van der Waals surface area contributed by atoms with Crippen molar-refractivity contribution >= 4 is 16.4 Å². The van der Waals surface area contributed by atoms with Crippen LogP contribution in [0.25, 0.3) is 0 Å². The predicted octanol–water partition coefficient (Wildman–Crippen LogP) is -0.143. The van der Waals surface area contributed by atoms with Gasteiger partial charge in [0.05, 0.1) is 28.3 Å². The number of likely N-dealkylation sites (N-methyl/N-ethyl adjacent to an activating group) is 1. The monoisotopic (exact) mass is 270 g/mol. The molecule has 0 spiro atoms. The molecule has 102 valence electrons. The standard InChI is InChI=1S/C8H16NO2.CH4O4S/c1-5-8(10)11-7-6-9(2,3)4;1-5-6(2,3)4/h5H,1,6-7H2,2-4H3;1H3,(H,2,3,4)/q+1;. The Bertz CT molecular complexity index is 330. The molecule has 0 bridgehead atoms. The van der Waals surface area contributed by atoms with Crippen LogP contribution in [0, 0.1) is 0 Å².